The zero-order valence-electron chi connectivity index (χ0n) is 7.87. The zero-order chi connectivity index (χ0) is 10.7. The first kappa shape index (κ1) is 11.4. The molecule has 0 fully saturated rings. The molecule has 2 N–H and O–H groups in total. The SMILES string of the molecule is CCC(OC)c1nc(O)c(I)c(=O)[nH]1. The molecule has 6 heteroatoms. The second-order valence-electron chi connectivity index (χ2n) is 2.72. The summed E-state index contributed by atoms with van der Waals surface area (Å²) in [5.74, 6) is 0.109. The number of methoxy groups -OCH3 is 1. The third kappa shape index (κ3) is 2.24. The molecule has 1 rings (SSSR count). The van der Waals surface area contributed by atoms with Crippen LogP contribution in [0.4, 0.5) is 0 Å². The number of ether oxygens (including phenoxy) is 1. The first-order valence-corrected chi connectivity index (χ1v) is 5.19. The Morgan fingerprint density at radius 3 is 2.79 bits per heavy atom. The standard InChI is InChI=1S/C8H11IN2O3/c1-3-4(14-2)6-10-7(12)5(9)8(13)11-6/h4H,3H2,1-2H3,(H2,10,11,12,13). The highest BCUT2D eigenvalue weighted by Crippen LogP contribution is 2.18. The lowest BCUT2D eigenvalue weighted by atomic mass is 10.2. The largest absolute Gasteiger partial charge is 0.492 e. The molecule has 14 heavy (non-hydrogen) atoms. The van der Waals surface area contributed by atoms with E-state index in [0.717, 1.165) is 0 Å². The van der Waals surface area contributed by atoms with Crippen LogP contribution < -0.4 is 5.56 Å². The van der Waals surface area contributed by atoms with Crippen molar-refractivity contribution in [2.45, 2.75) is 19.4 Å². The lowest BCUT2D eigenvalue weighted by Gasteiger charge is -2.11. The summed E-state index contributed by atoms with van der Waals surface area (Å²) in [6, 6.07) is 0. The van der Waals surface area contributed by atoms with E-state index >= 15 is 0 Å². The van der Waals surface area contributed by atoms with Gasteiger partial charge in [-0.25, -0.2) is 0 Å². The van der Waals surface area contributed by atoms with Crippen LogP contribution in [-0.2, 0) is 4.74 Å². The molecule has 0 radical (unpaired) electrons. The number of H-pyrrole nitrogens is 1. The van der Waals surface area contributed by atoms with Crippen molar-refractivity contribution in [1.82, 2.24) is 9.97 Å². The van der Waals surface area contributed by atoms with E-state index in [9.17, 15) is 9.90 Å². The molecule has 5 nitrogen and oxygen atoms in total. The normalized spacial score (nSPS) is 12.8. The van der Waals surface area contributed by atoms with E-state index in [4.69, 9.17) is 4.74 Å². The minimum absolute atomic E-state index is 0.192. The van der Waals surface area contributed by atoms with Crippen molar-refractivity contribution in [1.29, 1.82) is 0 Å². The predicted octanol–water partition coefficient (Wildman–Crippen LogP) is 1.18. The Balaban J connectivity index is 3.18. The van der Waals surface area contributed by atoms with Crippen molar-refractivity contribution in [2.75, 3.05) is 7.11 Å². The number of nitrogens with zero attached hydrogens (tertiary/aromatic N) is 1. The smallest absolute Gasteiger partial charge is 0.268 e. The molecule has 0 aliphatic heterocycles. The van der Waals surface area contributed by atoms with Crippen molar-refractivity contribution in [2.24, 2.45) is 0 Å². The summed E-state index contributed by atoms with van der Waals surface area (Å²) >= 11 is 1.74. The summed E-state index contributed by atoms with van der Waals surface area (Å²) in [6.45, 7) is 1.91. The summed E-state index contributed by atoms with van der Waals surface area (Å²) in [7, 11) is 1.53. The van der Waals surface area contributed by atoms with Crippen molar-refractivity contribution < 1.29 is 9.84 Å². The molecule has 0 aromatic carbocycles. The molecule has 0 saturated carbocycles. The van der Waals surface area contributed by atoms with Gasteiger partial charge in [0.15, 0.2) is 0 Å². The van der Waals surface area contributed by atoms with Crippen LogP contribution in [0.5, 0.6) is 5.88 Å². The van der Waals surface area contributed by atoms with Crippen LogP contribution >= 0.6 is 22.6 Å². The van der Waals surface area contributed by atoms with Crippen LogP contribution in [0.25, 0.3) is 0 Å². The summed E-state index contributed by atoms with van der Waals surface area (Å²) in [5, 5.41) is 9.33. The molecule has 0 aliphatic rings. The fraction of sp³-hybridized carbons (Fsp3) is 0.500. The van der Waals surface area contributed by atoms with Gasteiger partial charge in [0.05, 0.1) is 0 Å². The van der Waals surface area contributed by atoms with Crippen LogP contribution in [0.15, 0.2) is 4.79 Å². The van der Waals surface area contributed by atoms with Crippen molar-refractivity contribution in [3.8, 4) is 5.88 Å². The maximum Gasteiger partial charge on any atom is 0.268 e. The molecule has 1 unspecified atom stereocenters. The second kappa shape index (κ2) is 4.74. The number of rotatable bonds is 3. The van der Waals surface area contributed by atoms with Crippen LogP contribution in [0, 0.1) is 3.57 Å². The van der Waals surface area contributed by atoms with Gasteiger partial charge in [0.1, 0.15) is 15.5 Å². The molecule has 1 atom stereocenters. The summed E-state index contributed by atoms with van der Waals surface area (Å²) < 4.78 is 5.28. The Labute approximate surface area is 94.7 Å². The average Bonchev–Trinajstić information content (AvgIpc) is 2.16. The van der Waals surface area contributed by atoms with Crippen LogP contribution in [-0.4, -0.2) is 22.2 Å². The molecule has 78 valence electrons. The Kier molecular flexibility index (Phi) is 3.87. The Morgan fingerprint density at radius 2 is 2.36 bits per heavy atom. The van der Waals surface area contributed by atoms with Gasteiger partial charge in [-0.1, -0.05) is 6.92 Å². The van der Waals surface area contributed by atoms with E-state index in [1.807, 2.05) is 6.92 Å². The van der Waals surface area contributed by atoms with Crippen molar-refractivity contribution >= 4 is 22.6 Å². The van der Waals surface area contributed by atoms with Gasteiger partial charge in [0.2, 0.25) is 5.88 Å². The van der Waals surface area contributed by atoms with Crippen LogP contribution in [0.1, 0.15) is 25.3 Å². The van der Waals surface area contributed by atoms with Gasteiger partial charge in [-0.2, -0.15) is 4.98 Å². The minimum atomic E-state index is -0.344. The van der Waals surface area contributed by atoms with E-state index in [1.54, 1.807) is 22.6 Å². The molecule has 0 amide bonds. The molecular weight excluding hydrogens is 299 g/mol. The summed E-state index contributed by atoms with van der Waals surface area (Å²) in [4.78, 5) is 17.7. The monoisotopic (exact) mass is 310 g/mol. The number of nitrogens with one attached hydrogen (secondary N) is 1. The fourth-order valence-electron chi connectivity index (χ4n) is 1.09. The van der Waals surface area contributed by atoms with Gasteiger partial charge in [0, 0.05) is 7.11 Å². The maximum atomic E-state index is 11.3. The van der Waals surface area contributed by atoms with E-state index in [0.29, 0.717) is 12.2 Å². The summed E-state index contributed by atoms with van der Waals surface area (Å²) in [6.07, 6.45) is 0.394. The van der Waals surface area contributed by atoms with Gasteiger partial charge in [-0.15, -0.1) is 0 Å². The lowest BCUT2D eigenvalue weighted by molar-refractivity contribution is 0.0916. The lowest BCUT2D eigenvalue weighted by Crippen LogP contribution is -2.17. The molecular formula is C8H11IN2O3. The number of hydrogen-bond acceptors (Lipinski definition) is 4. The number of aromatic nitrogens is 2. The first-order valence-electron chi connectivity index (χ1n) is 4.11. The molecule has 0 aliphatic carbocycles. The topological polar surface area (TPSA) is 75.2 Å². The molecule has 1 aromatic heterocycles. The van der Waals surface area contributed by atoms with Gasteiger partial charge in [-0.3, -0.25) is 4.79 Å². The number of halogens is 1. The number of aromatic hydroxyl groups is 1. The average molecular weight is 310 g/mol. The predicted molar refractivity (Wildman–Crippen MR) is 59.3 cm³/mol. The molecule has 1 aromatic rings. The van der Waals surface area contributed by atoms with Crippen molar-refractivity contribution in [3.63, 3.8) is 0 Å². The molecule has 0 bridgehead atoms. The van der Waals surface area contributed by atoms with Crippen LogP contribution in [0.3, 0.4) is 0 Å². The fourth-order valence-corrected chi connectivity index (χ4v) is 1.34. The zero-order valence-corrected chi connectivity index (χ0v) is 10.0. The van der Waals surface area contributed by atoms with Gasteiger partial charge in [0.25, 0.3) is 5.56 Å². The summed E-state index contributed by atoms with van der Waals surface area (Å²) in [5.41, 5.74) is -0.344. The van der Waals surface area contributed by atoms with Crippen LogP contribution in [0.2, 0.25) is 0 Å². The highest BCUT2D eigenvalue weighted by atomic mass is 127. The molecule has 1 heterocycles. The van der Waals surface area contributed by atoms with Gasteiger partial charge in [-0.05, 0) is 29.0 Å². The Morgan fingerprint density at radius 1 is 1.71 bits per heavy atom. The minimum Gasteiger partial charge on any atom is -0.492 e. The van der Waals surface area contributed by atoms with Crippen molar-refractivity contribution in [3.05, 3.63) is 19.7 Å². The highest BCUT2D eigenvalue weighted by molar-refractivity contribution is 14.1. The third-order valence-corrected chi connectivity index (χ3v) is 2.80. The number of aromatic amines is 1. The quantitative estimate of drug-likeness (QED) is 0.822. The van der Waals surface area contributed by atoms with Gasteiger partial charge < -0.3 is 14.8 Å². The third-order valence-electron chi connectivity index (χ3n) is 1.82. The second-order valence-corrected chi connectivity index (χ2v) is 3.80. The molecule has 0 spiro atoms. The van der Waals surface area contributed by atoms with E-state index < -0.39 is 0 Å². The first-order chi connectivity index (χ1) is 6.60. The highest BCUT2D eigenvalue weighted by Gasteiger charge is 2.14. The van der Waals surface area contributed by atoms with E-state index in [-0.39, 0.29) is 21.1 Å². The number of hydrogen-bond donors (Lipinski definition) is 2. The Hall–Kier alpha value is -0.630. The Bertz CT molecular complexity index is 373. The van der Waals surface area contributed by atoms with Gasteiger partial charge >= 0.3 is 0 Å². The molecule has 0 saturated heterocycles. The van der Waals surface area contributed by atoms with E-state index in [1.165, 1.54) is 7.11 Å². The van der Waals surface area contributed by atoms with E-state index in [2.05, 4.69) is 9.97 Å². The maximum absolute atomic E-state index is 11.3.